The van der Waals surface area contributed by atoms with Crippen molar-refractivity contribution < 1.29 is 4.79 Å². The maximum Gasteiger partial charge on any atom is 0.254 e. The van der Waals surface area contributed by atoms with Gasteiger partial charge in [0.2, 0.25) is 0 Å². The third-order valence-electron chi connectivity index (χ3n) is 3.16. The van der Waals surface area contributed by atoms with E-state index in [1.165, 1.54) is 0 Å². The van der Waals surface area contributed by atoms with Gasteiger partial charge in [0.15, 0.2) is 0 Å². The summed E-state index contributed by atoms with van der Waals surface area (Å²) < 4.78 is 0. The van der Waals surface area contributed by atoms with E-state index in [-0.39, 0.29) is 5.91 Å². The van der Waals surface area contributed by atoms with Crippen LogP contribution in [0.15, 0.2) is 18.2 Å². The quantitative estimate of drug-likeness (QED) is 0.840. The van der Waals surface area contributed by atoms with Gasteiger partial charge < -0.3 is 10.6 Å². The molecule has 1 aromatic carbocycles. The number of nitrogens with two attached hydrogens (primary N) is 1. The van der Waals surface area contributed by atoms with E-state index in [0.717, 1.165) is 36.1 Å². The molecule has 0 aliphatic carbocycles. The van der Waals surface area contributed by atoms with E-state index in [1.807, 2.05) is 36.9 Å². The maximum absolute atomic E-state index is 12.6. The van der Waals surface area contributed by atoms with Crippen LogP contribution < -0.4 is 5.73 Å². The van der Waals surface area contributed by atoms with Crippen molar-refractivity contribution >= 4 is 5.91 Å². The first-order chi connectivity index (χ1) is 8.61. The number of hydrogen-bond acceptors (Lipinski definition) is 2. The molecular weight excluding hydrogens is 224 g/mol. The molecule has 100 valence electrons. The molecule has 0 atom stereocenters. The first kappa shape index (κ1) is 14.7. The fourth-order valence-corrected chi connectivity index (χ4v) is 2.13. The van der Waals surface area contributed by atoms with Crippen LogP contribution in [0.2, 0.25) is 0 Å². The van der Waals surface area contributed by atoms with Crippen LogP contribution in [0.5, 0.6) is 0 Å². The van der Waals surface area contributed by atoms with Crippen LogP contribution in [0.1, 0.15) is 41.3 Å². The summed E-state index contributed by atoms with van der Waals surface area (Å²) in [5.41, 5.74) is 8.52. The fraction of sp³-hybridized carbons (Fsp3) is 0.533. The van der Waals surface area contributed by atoms with Crippen LogP contribution in [-0.4, -0.2) is 30.4 Å². The topological polar surface area (TPSA) is 46.3 Å². The van der Waals surface area contributed by atoms with Crippen LogP contribution in [0.25, 0.3) is 0 Å². The number of rotatable bonds is 6. The number of unbranched alkanes of at least 4 members (excludes halogenated alkanes) is 1. The SMILES string of the molecule is CCCCN(CCN)C(=O)c1c(C)cccc1C. The lowest BCUT2D eigenvalue weighted by molar-refractivity contribution is 0.0756. The zero-order valence-electron chi connectivity index (χ0n) is 11.7. The van der Waals surface area contributed by atoms with E-state index in [2.05, 4.69) is 6.92 Å². The van der Waals surface area contributed by atoms with Gasteiger partial charge in [0.25, 0.3) is 5.91 Å². The first-order valence-electron chi connectivity index (χ1n) is 6.67. The number of hydrogen-bond donors (Lipinski definition) is 1. The standard InChI is InChI=1S/C15H24N2O/c1-4-5-10-17(11-9-16)15(18)14-12(2)7-6-8-13(14)3/h6-8H,4-5,9-11,16H2,1-3H3. The molecule has 1 aromatic rings. The minimum absolute atomic E-state index is 0.115. The molecule has 0 aromatic heterocycles. The van der Waals surface area contributed by atoms with Crippen molar-refractivity contribution in [3.63, 3.8) is 0 Å². The molecule has 3 heteroatoms. The molecule has 0 spiro atoms. The average Bonchev–Trinajstić information content (AvgIpc) is 2.34. The molecule has 0 saturated heterocycles. The Morgan fingerprint density at radius 3 is 2.33 bits per heavy atom. The predicted molar refractivity (Wildman–Crippen MR) is 75.8 cm³/mol. The van der Waals surface area contributed by atoms with Crippen molar-refractivity contribution in [2.24, 2.45) is 5.73 Å². The number of nitrogens with zero attached hydrogens (tertiary/aromatic N) is 1. The minimum atomic E-state index is 0.115. The summed E-state index contributed by atoms with van der Waals surface area (Å²) in [5.74, 6) is 0.115. The lowest BCUT2D eigenvalue weighted by Crippen LogP contribution is -2.36. The minimum Gasteiger partial charge on any atom is -0.337 e. The lowest BCUT2D eigenvalue weighted by Gasteiger charge is -2.23. The number of benzene rings is 1. The van der Waals surface area contributed by atoms with Gasteiger partial charge in [0.05, 0.1) is 0 Å². The Hall–Kier alpha value is -1.35. The predicted octanol–water partition coefficient (Wildman–Crippen LogP) is 2.50. The summed E-state index contributed by atoms with van der Waals surface area (Å²) in [6.07, 6.45) is 2.11. The summed E-state index contributed by atoms with van der Waals surface area (Å²) in [5, 5.41) is 0. The molecule has 3 nitrogen and oxygen atoms in total. The molecule has 1 amide bonds. The van der Waals surface area contributed by atoms with Gasteiger partial charge in [-0.1, -0.05) is 31.5 Å². The highest BCUT2D eigenvalue weighted by Crippen LogP contribution is 2.16. The van der Waals surface area contributed by atoms with Crippen molar-refractivity contribution in [1.82, 2.24) is 4.90 Å². The summed E-state index contributed by atoms with van der Waals surface area (Å²) >= 11 is 0. The molecule has 0 heterocycles. The molecule has 0 unspecified atom stereocenters. The largest absolute Gasteiger partial charge is 0.337 e. The van der Waals surface area contributed by atoms with E-state index in [9.17, 15) is 4.79 Å². The van der Waals surface area contributed by atoms with E-state index >= 15 is 0 Å². The normalized spacial score (nSPS) is 10.4. The number of aryl methyl sites for hydroxylation is 2. The van der Waals surface area contributed by atoms with Crippen molar-refractivity contribution in [3.8, 4) is 0 Å². The number of carbonyl (C=O) groups excluding carboxylic acids is 1. The Morgan fingerprint density at radius 1 is 1.22 bits per heavy atom. The van der Waals surface area contributed by atoms with Crippen molar-refractivity contribution in [2.45, 2.75) is 33.6 Å². The highest BCUT2D eigenvalue weighted by atomic mass is 16.2. The molecule has 0 radical (unpaired) electrons. The van der Waals surface area contributed by atoms with E-state index in [4.69, 9.17) is 5.73 Å². The lowest BCUT2D eigenvalue weighted by atomic mass is 10.0. The zero-order valence-corrected chi connectivity index (χ0v) is 11.7. The Balaban J connectivity index is 2.94. The second-order valence-electron chi connectivity index (χ2n) is 4.70. The van der Waals surface area contributed by atoms with Crippen LogP contribution in [0, 0.1) is 13.8 Å². The van der Waals surface area contributed by atoms with Crippen LogP contribution in [0.4, 0.5) is 0 Å². The van der Waals surface area contributed by atoms with Gasteiger partial charge in [-0.2, -0.15) is 0 Å². The Labute approximate surface area is 110 Å². The molecule has 0 aliphatic rings. The van der Waals surface area contributed by atoms with Crippen molar-refractivity contribution in [2.75, 3.05) is 19.6 Å². The molecule has 0 saturated carbocycles. The fourth-order valence-electron chi connectivity index (χ4n) is 2.13. The van der Waals surface area contributed by atoms with Gasteiger partial charge >= 0.3 is 0 Å². The van der Waals surface area contributed by atoms with Gasteiger partial charge in [-0.15, -0.1) is 0 Å². The Bertz CT molecular complexity index is 381. The summed E-state index contributed by atoms with van der Waals surface area (Å²) in [6.45, 7) is 8.04. The average molecular weight is 248 g/mol. The second kappa shape index (κ2) is 7.17. The summed E-state index contributed by atoms with van der Waals surface area (Å²) in [4.78, 5) is 14.4. The number of carbonyl (C=O) groups is 1. The smallest absolute Gasteiger partial charge is 0.254 e. The van der Waals surface area contributed by atoms with Gasteiger partial charge in [0, 0.05) is 25.2 Å². The van der Waals surface area contributed by atoms with Gasteiger partial charge in [-0.3, -0.25) is 4.79 Å². The molecule has 0 aliphatic heterocycles. The molecule has 0 fully saturated rings. The van der Waals surface area contributed by atoms with Gasteiger partial charge in [-0.25, -0.2) is 0 Å². The highest BCUT2D eigenvalue weighted by Gasteiger charge is 2.18. The molecule has 0 bridgehead atoms. The van der Waals surface area contributed by atoms with Gasteiger partial charge in [-0.05, 0) is 31.4 Å². The zero-order chi connectivity index (χ0) is 13.5. The summed E-state index contributed by atoms with van der Waals surface area (Å²) in [7, 11) is 0. The first-order valence-corrected chi connectivity index (χ1v) is 6.67. The maximum atomic E-state index is 12.6. The number of amides is 1. The van der Waals surface area contributed by atoms with E-state index in [1.54, 1.807) is 0 Å². The molecule has 1 rings (SSSR count). The third kappa shape index (κ3) is 3.57. The Morgan fingerprint density at radius 2 is 1.83 bits per heavy atom. The van der Waals surface area contributed by atoms with Gasteiger partial charge in [0.1, 0.15) is 0 Å². The van der Waals surface area contributed by atoms with Crippen LogP contribution in [0.3, 0.4) is 0 Å². The Kier molecular flexibility index (Phi) is 5.86. The van der Waals surface area contributed by atoms with E-state index < -0.39 is 0 Å². The third-order valence-corrected chi connectivity index (χ3v) is 3.16. The van der Waals surface area contributed by atoms with E-state index in [0.29, 0.717) is 13.1 Å². The molecular formula is C15H24N2O. The monoisotopic (exact) mass is 248 g/mol. The van der Waals surface area contributed by atoms with Crippen molar-refractivity contribution in [1.29, 1.82) is 0 Å². The molecule has 18 heavy (non-hydrogen) atoms. The van der Waals surface area contributed by atoms with Crippen LogP contribution in [-0.2, 0) is 0 Å². The summed E-state index contributed by atoms with van der Waals surface area (Å²) in [6, 6.07) is 5.96. The van der Waals surface area contributed by atoms with Crippen molar-refractivity contribution in [3.05, 3.63) is 34.9 Å². The highest BCUT2D eigenvalue weighted by molar-refractivity contribution is 5.97. The second-order valence-corrected chi connectivity index (χ2v) is 4.70. The molecule has 2 N–H and O–H groups in total. The van der Waals surface area contributed by atoms with Crippen LogP contribution >= 0.6 is 0 Å².